The van der Waals surface area contributed by atoms with Gasteiger partial charge in [-0.1, -0.05) is 6.92 Å². The van der Waals surface area contributed by atoms with Crippen molar-refractivity contribution < 1.29 is 14.3 Å². The molecule has 1 aromatic heterocycles. The second-order valence-corrected chi connectivity index (χ2v) is 7.22. The van der Waals surface area contributed by atoms with Crippen LogP contribution in [-0.4, -0.2) is 40.5 Å². The fourth-order valence-corrected chi connectivity index (χ4v) is 3.87. The summed E-state index contributed by atoms with van der Waals surface area (Å²) in [6.45, 7) is 6.76. The molecule has 0 bridgehead atoms. The highest BCUT2D eigenvalue weighted by Crippen LogP contribution is 2.20. The Balaban J connectivity index is 1.60. The molecule has 1 aromatic carbocycles. The molecule has 27 heavy (non-hydrogen) atoms. The molecule has 1 aliphatic heterocycles. The van der Waals surface area contributed by atoms with Gasteiger partial charge >= 0.3 is 5.97 Å². The van der Waals surface area contributed by atoms with Crippen LogP contribution in [0, 0.1) is 13.8 Å². The molecule has 1 atom stereocenters. The van der Waals surface area contributed by atoms with Crippen LogP contribution in [0.5, 0.6) is 0 Å². The molecular formula is C22H28N2O3. The van der Waals surface area contributed by atoms with E-state index in [4.69, 9.17) is 4.74 Å². The standard InChI is InChI=1S/C22H28N2O3/c1-4-19-7-5-6-14-23(19)21(25)15-27-22(26)18-10-12-20(13-11-18)24-16(2)8-9-17(24)3/h8-13,19H,4-7,14-15H2,1-3H3/t19-/m0/s1. The minimum atomic E-state index is -0.457. The zero-order valence-corrected chi connectivity index (χ0v) is 16.4. The van der Waals surface area contributed by atoms with E-state index in [9.17, 15) is 9.59 Å². The largest absolute Gasteiger partial charge is 0.452 e. The van der Waals surface area contributed by atoms with Gasteiger partial charge in [-0.2, -0.15) is 0 Å². The summed E-state index contributed by atoms with van der Waals surface area (Å²) in [4.78, 5) is 26.6. The minimum Gasteiger partial charge on any atom is -0.452 e. The van der Waals surface area contributed by atoms with Crippen LogP contribution in [0.2, 0.25) is 0 Å². The topological polar surface area (TPSA) is 51.5 Å². The van der Waals surface area contributed by atoms with Crippen molar-refractivity contribution in [3.63, 3.8) is 0 Å². The highest BCUT2D eigenvalue weighted by atomic mass is 16.5. The zero-order chi connectivity index (χ0) is 19.4. The summed E-state index contributed by atoms with van der Waals surface area (Å²) in [7, 11) is 0. The summed E-state index contributed by atoms with van der Waals surface area (Å²) in [5, 5.41) is 0. The number of esters is 1. The first kappa shape index (κ1) is 19.2. The zero-order valence-electron chi connectivity index (χ0n) is 16.4. The van der Waals surface area contributed by atoms with Crippen molar-refractivity contribution in [3.8, 4) is 5.69 Å². The third kappa shape index (κ3) is 4.24. The molecule has 0 radical (unpaired) electrons. The summed E-state index contributed by atoms with van der Waals surface area (Å²) in [6.07, 6.45) is 4.17. The maximum absolute atomic E-state index is 12.4. The Morgan fingerprint density at radius 1 is 1.04 bits per heavy atom. The quantitative estimate of drug-likeness (QED) is 0.749. The van der Waals surface area contributed by atoms with Crippen LogP contribution >= 0.6 is 0 Å². The van der Waals surface area contributed by atoms with Gasteiger partial charge in [0, 0.05) is 29.7 Å². The van der Waals surface area contributed by atoms with E-state index in [2.05, 4.69) is 23.6 Å². The number of aryl methyl sites for hydroxylation is 2. The van der Waals surface area contributed by atoms with Gasteiger partial charge in [-0.15, -0.1) is 0 Å². The van der Waals surface area contributed by atoms with Gasteiger partial charge in [0.05, 0.1) is 5.56 Å². The molecule has 144 valence electrons. The maximum atomic E-state index is 12.4. The summed E-state index contributed by atoms with van der Waals surface area (Å²) in [6, 6.07) is 11.7. The molecule has 0 saturated carbocycles. The van der Waals surface area contributed by atoms with E-state index in [1.807, 2.05) is 30.9 Å². The third-order valence-corrected chi connectivity index (χ3v) is 5.38. The number of rotatable bonds is 5. The molecule has 5 heteroatoms. The van der Waals surface area contributed by atoms with Crippen LogP contribution < -0.4 is 0 Å². The van der Waals surface area contributed by atoms with E-state index in [1.54, 1.807) is 12.1 Å². The van der Waals surface area contributed by atoms with Gasteiger partial charge in [0.15, 0.2) is 6.61 Å². The van der Waals surface area contributed by atoms with E-state index in [1.165, 1.54) is 0 Å². The first-order valence-electron chi connectivity index (χ1n) is 9.73. The number of carbonyl (C=O) groups excluding carboxylic acids is 2. The fourth-order valence-electron chi connectivity index (χ4n) is 3.87. The molecule has 0 aliphatic carbocycles. The lowest BCUT2D eigenvalue weighted by Crippen LogP contribution is -2.45. The average molecular weight is 368 g/mol. The van der Waals surface area contributed by atoms with Crippen LogP contribution in [0.15, 0.2) is 36.4 Å². The highest BCUT2D eigenvalue weighted by Gasteiger charge is 2.26. The van der Waals surface area contributed by atoms with Crippen molar-refractivity contribution in [2.75, 3.05) is 13.2 Å². The Labute approximate surface area is 160 Å². The lowest BCUT2D eigenvalue weighted by atomic mass is 10.00. The Kier molecular flexibility index (Phi) is 5.99. The highest BCUT2D eigenvalue weighted by molar-refractivity contribution is 5.91. The van der Waals surface area contributed by atoms with Crippen LogP contribution in [0.25, 0.3) is 5.69 Å². The summed E-state index contributed by atoms with van der Waals surface area (Å²) in [5.41, 5.74) is 3.74. The van der Waals surface area contributed by atoms with Crippen molar-refractivity contribution in [2.45, 2.75) is 52.5 Å². The van der Waals surface area contributed by atoms with Gasteiger partial charge in [0.1, 0.15) is 0 Å². The van der Waals surface area contributed by atoms with E-state index in [0.29, 0.717) is 5.56 Å². The molecule has 1 fully saturated rings. The first-order valence-corrected chi connectivity index (χ1v) is 9.73. The van der Waals surface area contributed by atoms with E-state index in [0.717, 1.165) is 49.3 Å². The number of hydrogen-bond acceptors (Lipinski definition) is 3. The number of amides is 1. The molecule has 2 aromatic rings. The van der Waals surface area contributed by atoms with Crippen molar-refractivity contribution in [1.29, 1.82) is 0 Å². The van der Waals surface area contributed by atoms with Crippen molar-refractivity contribution in [1.82, 2.24) is 9.47 Å². The van der Waals surface area contributed by atoms with Crippen LogP contribution in [-0.2, 0) is 9.53 Å². The smallest absolute Gasteiger partial charge is 0.338 e. The molecule has 2 heterocycles. The monoisotopic (exact) mass is 368 g/mol. The number of likely N-dealkylation sites (tertiary alicyclic amines) is 1. The SMILES string of the molecule is CC[C@H]1CCCCN1C(=O)COC(=O)c1ccc(-n2c(C)ccc2C)cc1. The second-order valence-electron chi connectivity index (χ2n) is 7.22. The second kappa shape index (κ2) is 8.42. The molecule has 3 rings (SSSR count). The summed E-state index contributed by atoms with van der Waals surface area (Å²) >= 11 is 0. The Hall–Kier alpha value is -2.56. The Bertz CT molecular complexity index is 788. The van der Waals surface area contributed by atoms with Gasteiger partial charge in [0.2, 0.25) is 0 Å². The maximum Gasteiger partial charge on any atom is 0.338 e. The molecular weight excluding hydrogens is 340 g/mol. The number of benzene rings is 1. The van der Waals surface area contributed by atoms with Gasteiger partial charge < -0.3 is 14.2 Å². The first-order chi connectivity index (χ1) is 13.0. The average Bonchev–Trinajstić information content (AvgIpc) is 3.04. The molecule has 0 unspecified atom stereocenters. The lowest BCUT2D eigenvalue weighted by Gasteiger charge is -2.35. The Morgan fingerprint density at radius 2 is 1.70 bits per heavy atom. The van der Waals surface area contributed by atoms with Crippen LogP contribution in [0.4, 0.5) is 0 Å². The van der Waals surface area contributed by atoms with Crippen molar-refractivity contribution in [3.05, 3.63) is 53.3 Å². The number of hydrogen-bond donors (Lipinski definition) is 0. The normalized spacial score (nSPS) is 17.0. The van der Waals surface area contributed by atoms with Crippen LogP contribution in [0.3, 0.4) is 0 Å². The molecule has 5 nitrogen and oxygen atoms in total. The van der Waals surface area contributed by atoms with E-state index >= 15 is 0 Å². The molecule has 0 spiro atoms. The molecule has 1 amide bonds. The summed E-state index contributed by atoms with van der Waals surface area (Å²) in [5.74, 6) is -0.550. The lowest BCUT2D eigenvalue weighted by molar-refractivity contribution is -0.138. The van der Waals surface area contributed by atoms with Gasteiger partial charge in [-0.05, 0) is 75.9 Å². The van der Waals surface area contributed by atoms with Gasteiger partial charge in [-0.3, -0.25) is 4.79 Å². The molecule has 1 saturated heterocycles. The van der Waals surface area contributed by atoms with E-state index in [-0.39, 0.29) is 18.6 Å². The van der Waals surface area contributed by atoms with Gasteiger partial charge in [-0.25, -0.2) is 4.79 Å². The number of piperidine rings is 1. The number of carbonyl (C=O) groups is 2. The number of aromatic nitrogens is 1. The van der Waals surface area contributed by atoms with Crippen molar-refractivity contribution in [2.24, 2.45) is 0 Å². The summed E-state index contributed by atoms with van der Waals surface area (Å²) < 4.78 is 7.40. The van der Waals surface area contributed by atoms with E-state index < -0.39 is 5.97 Å². The predicted molar refractivity (Wildman–Crippen MR) is 105 cm³/mol. The Morgan fingerprint density at radius 3 is 2.33 bits per heavy atom. The fraction of sp³-hybridized carbons (Fsp3) is 0.455. The van der Waals surface area contributed by atoms with Crippen molar-refractivity contribution >= 4 is 11.9 Å². The number of ether oxygens (including phenoxy) is 1. The van der Waals surface area contributed by atoms with Gasteiger partial charge in [0.25, 0.3) is 5.91 Å². The van der Waals surface area contributed by atoms with Crippen LogP contribution in [0.1, 0.15) is 54.4 Å². The molecule has 1 aliphatic rings. The minimum absolute atomic E-state index is 0.0925. The predicted octanol–water partition coefficient (Wildman–Crippen LogP) is 4.04. The number of nitrogens with zero attached hydrogens (tertiary/aromatic N) is 2. The molecule has 0 N–H and O–H groups in total. The third-order valence-electron chi connectivity index (χ3n) is 5.38.